The molecule has 1 fully saturated rings. The first-order valence-corrected chi connectivity index (χ1v) is 9.09. The lowest BCUT2D eigenvalue weighted by atomic mass is 9.85. The number of imidazole rings is 1. The van der Waals surface area contributed by atoms with Crippen LogP contribution >= 0.6 is 0 Å². The van der Waals surface area contributed by atoms with Crippen molar-refractivity contribution >= 4 is 0 Å². The van der Waals surface area contributed by atoms with E-state index in [0.717, 1.165) is 19.0 Å². The van der Waals surface area contributed by atoms with E-state index in [0.29, 0.717) is 6.04 Å². The molecule has 21 heavy (non-hydrogen) atoms. The van der Waals surface area contributed by atoms with Crippen molar-refractivity contribution in [3.05, 3.63) is 18.2 Å². The molecule has 1 N–H and O–H groups in total. The first-order chi connectivity index (χ1) is 10.3. The average Bonchev–Trinajstić information content (AvgIpc) is 2.97. The molecule has 120 valence electrons. The van der Waals surface area contributed by atoms with Crippen LogP contribution in [0.25, 0.3) is 0 Å². The number of hydrogen-bond donors (Lipinski definition) is 1. The van der Waals surface area contributed by atoms with Crippen molar-refractivity contribution in [3.8, 4) is 0 Å². The Bertz CT molecular complexity index is 380. The maximum atomic E-state index is 4.65. The predicted molar refractivity (Wildman–Crippen MR) is 89.4 cm³/mol. The largest absolute Gasteiger partial charge is 0.334 e. The summed E-state index contributed by atoms with van der Waals surface area (Å²) >= 11 is 0. The molecule has 1 aliphatic carbocycles. The molecule has 1 saturated carbocycles. The highest BCUT2D eigenvalue weighted by Gasteiger charge is 2.19. The topological polar surface area (TPSA) is 29.9 Å². The minimum atomic E-state index is 0.438. The van der Waals surface area contributed by atoms with Crippen LogP contribution in [0, 0.1) is 5.92 Å². The van der Waals surface area contributed by atoms with E-state index in [-0.39, 0.29) is 0 Å². The van der Waals surface area contributed by atoms with Gasteiger partial charge in [0, 0.05) is 18.9 Å². The van der Waals surface area contributed by atoms with Crippen molar-refractivity contribution in [1.29, 1.82) is 0 Å². The van der Waals surface area contributed by atoms with Gasteiger partial charge in [0.2, 0.25) is 0 Å². The number of nitrogens with one attached hydrogen (secondary N) is 1. The van der Waals surface area contributed by atoms with Gasteiger partial charge < -0.3 is 9.88 Å². The molecule has 0 radical (unpaired) electrons. The summed E-state index contributed by atoms with van der Waals surface area (Å²) in [5.74, 6) is 2.21. The van der Waals surface area contributed by atoms with Crippen LogP contribution in [-0.2, 0) is 6.54 Å². The number of aromatic nitrogens is 2. The maximum absolute atomic E-state index is 4.65. The van der Waals surface area contributed by atoms with E-state index in [2.05, 4.69) is 34.9 Å². The van der Waals surface area contributed by atoms with E-state index in [4.69, 9.17) is 0 Å². The summed E-state index contributed by atoms with van der Waals surface area (Å²) in [4.78, 5) is 4.65. The first kappa shape index (κ1) is 16.5. The molecule has 1 unspecified atom stereocenters. The molecule has 1 heterocycles. The lowest BCUT2D eigenvalue weighted by Gasteiger charge is -2.25. The van der Waals surface area contributed by atoms with Crippen LogP contribution in [0.15, 0.2) is 12.4 Å². The van der Waals surface area contributed by atoms with E-state index in [1.165, 1.54) is 63.6 Å². The Morgan fingerprint density at radius 1 is 1.24 bits per heavy atom. The van der Waals surface area contributed by atoms with Crippen molar-refractivity contribution in [2.45, 2.75) is 84.2 Å². The van der Waals surface area contributed by atoms with Gasteiger partial charge in [-0.05, 0) is 38.1 Å². The van der Waals surface area contributed by atoms with Crippen LogP contribution in [0.3, 0.4) is 0 Å². The van der Waals surface area contributed by atoms with Gasteiger partial charge in [0.15, 0.2) is 0 Å². The zero-order chi connectivity index (χ0) is 14.9. The van der Waals surface area contributed by atoms with Gasteiger partial charge in [0.05, 0.1) is 6.04 Å². The van der Waals surface area contributed by atoms with Gasteiger partial charge >= 0.3 is 0 Å². The number of aryl methyl sites for hydroxylation is 1. The summed E-state index contributed by atoms with van der Waals surface area (Å²) in [7, 11) is 0. The molecule has 1 aromatic heterocycles. The average molecular weight is 291 g/mol. The van der Waals surface area contributed by atoms with E-state index in [1.54, 1.807) is 0 Å². The molecule has 0 spiro atoms. The Labute approximate surface area is 130 Å². The monoisotopic (exact) mass is 291 g/mol. The number of hydrogen-bond acceptors (Lipinski definition) is 2. The molecule has 3 heteroatoms. The second kappa shape index (κ2) is 9.24. The van der Waals surface area contributed by atoms with Gasteiger partial charge in [0.1, 0.15) is 5.82 Å². The Morgan fingerprint density at radius 3 is 2.76 bits per heavy atom. The van der Waals surface area contributed by atoms with Crippen molar-refractivity contribution in [2.75, 3.05) is 6.54 Å². The van der Waals surface area contributed by atoms with Gasteiger partial charge in [-0.2, -0.15) is 0 Å². The summed E-state index contributed by atoms with van der Waals surface area (Å²) < 4.78 is 2.34. The fourth-order valence-electron chi connectivity index (χ4n) is 3.58. The van der Waals surface area contributed by atoms with E-state index in [9.17, 15) is 0 Å². The van der Waals surface area contributed by atoms with E-state index >= 15 is 0 Å². The maximum Gasteiger partial charge on any atom is 0.125 e. The second-order valence-corrected chi connectivity index (χ2v) is 6.57. The molecule has 0 amide bonds. The normalized spacial score (nSPS) is 18.0. The van der Waals surface area contributed by atoms with Gasteiger partial charge in [-0.1, -0.05) is 46.0 Å². The van der Waals surface area contributed by atoms with Crippen LogP contribution < -0.4 is 5.32 Å². The summed E-state index contributed by atoms with van der Waals surface area (Å²) in [6.45, 7) is 6.65. The quantitative estimate of drug-likeness (QED) is 0.715. The molecule has 0 aromatic carbocycles. The molecule has 0 bridgehead atoms. The van der Waals surface area contributed by atoms with Gasteiger partial charge in [0.25, 0.3) is 0 Å². The minimum absolute atomic E-state index is 0.438. The van der Waals surface area contributed by atoms with E-state index in [1.807, 2.05) is 6.20 Å². The minimum Gasteiger partial charge on any atom is -0.334 e. The SMILES string of the molecule is CCCNC(CCC1CCCCC1)c1nccn1CCC. The van der Waals surface area contributed by atoms with Crippen LogP contribution in [0.2, 0.25) is 0 Å². The van der Waals surface area contributed by atoms with Gasteiger partial charge in [-0.25, -0.2) is 4.98 Å². The molecule has 0 saturated heterocycles. The summed E-state index contributed by atoms with van der Waals surface area (Å²) in [6, 6.07) is 0.438. The van der Waals surface area contributed by atoms with Crippen LogP contribution in [-0.4, -0.2) is 16.1 Å². The molecule has 1 aromatic rings. The van der Waals surface area contributed by atoms with Crippen molar-refractivity contribution in [3.63, 3.8) is 0 Å². The highest BCUT2D eigenvalue weighted by molar-refractivity contribution is 5.00. The smallest absolute Gasteiger partial charge is 0.125 e. The first-order valence-electron chi connectivity index (χ1n) is 9.09. The highest BCUT2D eigenvalue weighted by atomic mass is 15.1. The molecule has 1 aliphatic rings. The molecule has 2 rings (SSSR count). The third kappa shape index (κ3) is 5.14. The lowest BCUT2D eigenvalue weighted by molar-refractivity contribution is 0.309. The fraction of sp³-hybridized carbons (Fsp3) is 0.833. The molecule has 1 atom stereocenters. The van der Waals surface area contributed by atoms with Crippen molar-refractivity contribution < 1.29 is 0 Å². The van der Waals surface area contributed by atoms with Crippen LogP contribution in [0.4, 0.5) is 0 Å². The highest BCUT2D eigenvalue weighted by Crippen LogP contribution is 2.30. The van der Waals surface area contributed by atoms with Crippen molar-refractivity contribution in [2.24, 2.45) is 5.92 Å². The zero-order valence-corrected chi connectivity index (χ0v) is 14.0. The summed E-state index contributed by atoms with van der Waals surface area (Å²) in [5.41, 5.74) is 0. The Kier molecular flexibility index (Phi) is 7.28. The number of nitrogens with zero attached hydrogens (tertiary/aromatic N) is 2. The molecular formula is C18H33N3. The van der Waals surface area contributed by atoms with E-state index < -0.39 is 0 Å². The summed E-state index contributed by atoms with van der Waals surface area (Å²) in [5, 5.41) is 3.73. The summed E-state index contributed by atoms with van der Waals surface area (Å²) in [6.07, 6.45) is 16.3. The van der Waals surface area contributed by atoms with Gasteiger partial charge in [-0.15, -0.1) is 0 Å². The zero-order valence-electron chi connectivity index (χ0n) is 14.0. The number of rotatable bonds is 9. The Morgan fingerprint density at radius 2 is 2.05 bits per heavy atom. The standard InChI is InChI=1S/C18H33N3/c1-3-12-19-17(11-10-16-8-6-5-7-9-16)18-20-13-15-21(18)14-4-2/h13,15-17,19H,3-12,14H2,1-2H3. The Hall–Kier alpha value is -0.830. The lowest BCUT2D eigenvalue weighted by Crippen LogP contribution is -2.26. The predicted octanol–water partition coefficient (Wildman–Crippen LogP) is 4.69. The fourth-order valence-corrected chi connectivity index (χ4v) is 3.58. The third-order valence-corrected chi connectivity index (χ3v) is 4.75. The molecular weight excluding hydrogens is 258 g/mol. The third-order valence-electron chi connectivity index (χ3n) is 4.75. The second-order valence-electron chi connectivity index (χ2n) is 6.57. The van der Waals surface area contributed by atoms with Gasteiger partial charge in [-0.3, -0.25) is 0 Å². The van der Waals surface area contributed by atoms with Crippen LogP contribution in [0.1, 0.15) is 83.5 Å². The molecule has 3 nitrogen and oxygen atoms in total. The van der Waals surface area contributed by atoms with Crippen LogP contribution in [0.5, 0.6) is 0 Å². The molecule has 0 aliphatic heterocycles. The Balaban J connectivity index is 1.94. The van der Waals surface area contributed by atoms with Crippen molar-refractivity contribution in [1.82, 2.24) is 14.9 Å².